The number of ketones is 1. The van der Waals surface area contributed by atoms with Crippen LogP contribution in [0.5, 0.6) is 0 Å². The second-order valence-corrected chi connectivity index (χ2v) is 5.04. The maximum Gasteiger partial charge on any atom is 0.141 e. The average molecular weight is 297 g/mol. The number of rotatable bonds is 4. The van der Waals surface area contributed by atoms with E-state index in [4.69, 9.17) is 23.2 Å². The van der Waals surface area contributed by atoms with Crippen LogP contribution in [0.1, 0.15) is 11.1 Å². The lowest BCUT2D eigenvalue weighted by Crippen LogP contribution is -2.07. The summed E-state index contributed by atoms with van der Waals surface area (Å²) in [6, 6.07) is 11.1. The van der Waals surface area contributed by atoms with Gasteiger partial charge in [-0.2, -0.15) is 0 Å². The first-order chi connectivity index (χ1) is 9.06. The summed E-state index contributed by atoms with van der Waals surface area (Å²) in [5, 5.41) is 0.945. The van der Waals surface area contributed by atoms with Gasteiger partial charge in [0, 0.05) is 22.9 Å². The van der Waals surface area contributed by atoms with Crippen molar-refractivity contribution in [2.75, 3.05) is 0 Å². The molecule has 0 aliphatic heterocycles. The van der Waals surface area contributed by atoms with Gasteiger partial charge in [-0.05, 0) is 35.4 Å². The summed E-state index contributed by atoms with van der Waals surface area (Å²) in [7, 11) is 0. The highest BCUT2D eigenvalue weighted by atomic mass is 35.5. The zero-order valence-electron chi connectivity index (χ0n) is 10.00. The molecule has 0 aliphatic carbocycles. The van der Waals surface area contributed by atoms with Gasteiger partial charge in [0.2, 0.25) is 0 Å². The molecule has 1 nitrogen and oxygen atoms in total. The third kappa shape index (κ3) is 3.79. The lowest BCUT2D eigenvalue weighted by Gasteiger charge is -2.06. The third-order valence-corrected chi connectivity index (χ3v) is 3.43. The Balaban J connectivity index is 2.10. The van der Waals surface area contributed by atoms with Gasteiger partial charge in [-0.1, -0.05) is 41.4 Å². The highest BCUT2D eigenvalue weighted by Gasteiger charge is 2.11. The van der Waals surface area contributed by atoms with Crippen molar-refractivity contribution in [2.45, 2.75) is 12.8 Å². The minimum Gasteiger partial charge on any atom is -0.299 e. The first-order valence-corrected chi connectivity index (χ1v) is 6.51. The molecule has 0 bridgehead atoms. The van der Waals surface area contributed by atoms with Gasteiger partial charge in [-0.15, -0.1) is 0 Å². The normalized spacial score (nSPS) is 10.5. The molecule has 0 saturated carbocycles. The van der Waals surface area contributed by atoms with E-state index >= 15 is 0 Å². The fourth-order valence-corrected chi connectivity index (χ4v) is 2.37. The van der Waals surface area contributed by atoms with Crippen LogP contribution in [0.4, 0.5) is 4.39 Å². The Morgan fingerprint density at radius 3 is 2.26 bits per heavy atom. The topological polar surface area (TPSA) is 17.1 Å². The van der Waals surface area contributed by atoms with Crippen molar-refractivity contribution in [3.05, 3.63) is 69.5 Å². The quantitative estimate of drug-likeness (QED) is 0.812. The second kappa shape index (κ2) is 6.18. The molecular formula is C15H11Cl2FO. The summed E-state index contributed by atoms with van der Waals surface area (Å²) in [5.41, 5.74) is 1.26. The van der Waals surface area contributed by atoms with Crippen LogP contribution in [0.2, 0.25) is 10.0 Å². The predicted octanol–water partition coefficient (Wildman–Crippen LogP) is 4.49. The molecule has 2 aromatic carbocycles. The van der Waals surface area contributed by atoms with Crippen LogP contribution in [0.3, 0.4) is 0 Å². The molecule has 0 fully saturated rings. The number of hydrogen-bond acceptors (Lipinski definition) is 1. The van der Waals surface area contributed by atoms with Crippen molar-refractivity contribution in [3.63, 3.8) is 0 Å². The SMILES string of the molecule is O=C(Cc1cccc(F)c1)Cc1c(Cl)cccc1Cl. The standard InChI is InChI=1S/C15H11Cl2FO/c16-14-5-2-6-15(17)13(14)9-12(19)8-10-3-1-4-11(18)7-10/h1-7H,8-9H2. The number of carbonyl (C=O) groups excluding carboxylic acids is 1. The van der Waals surface area contributed by atoms with E-state index in [1.54, 1.807) is 30.3 Å². The highest BCUT2D eigenvalue weighted by molar-refractivity contribution is 6.36. The Morgan fingerprint density at radius 1 is 1.00 bits per heavy atom. The van der Waals surface area contributed by atoms with Crippen molar-refractivity contribution < 1.29 is 9.18 Å². The van der Waals surface area contributed by atoms with E-state index in [1.165, 1.54) is 12.1 Å². The molecule has 0 aromatic heterocycles. The average Bonchev–Trinajstić information content (AvgIpc) is 2.34. The van der Waals surface area contributed by atoms with Crippen molar-refractivity contribution in [3.8, 4) is 0 Å². The van der Waals surface area contributed by atoms with Gasteiger partial charge >= 0.3 is 0 Å². The van der Waals surface area contributed by atoms with Crippen molar-refractivity contribution in [2.24, 2.45) is 0 Å². The summed E-state index contributed by atoms with van der Waals surface area (Å²) in [6.07, 6.45) is 0.314. The van der Waals surface area contributed by atoms with Crippen LogP contribution in [-0.4, -0.2) is 5.78 Å². The molecule has 19 heavy (non-hydrogen) atoms. The third-order valence-electron chi connectivity index (χ3n) is 2.73. The van der Waals surface area contributed by atoms with E-state index in [0.717, 1.165) is 0 Å². The number of halogens is 3. The minimum absolute atomic E-state index is 0.0550. The Hall–Kier alpha value is -1.38. The summed E-state index contributed by atoms with van der Waals surface area (Å²) < 4.78 is 13.0. The molecule has 0 spiro atoms. The van der Waals surface area contributed by atoms with E-state index in [-0.39, 0.29) is 24.4 Å². The smallest absolute Gasteiger partial charge is 0.141 e. The molecule has 0 aliphatic rings. The number of carbonyl (C=O) groups is 1. The van der Waals surface area contributed by atoms with Gasteiger partial charge in [-0.3, -0.25) is 4.79 Å². The fraction of sp³-hybridized carbons (Fsp3) is 0.133. The van der Waals surface area contributed by atoms with Crippen molar-refractivity contribution in [1.82, 2.24) is 0 Å². The summed E-state index contributed by atoms with van der Waals surface area (Å²) >= 11 is 12.0. The molecular weight excluding hydrogens is 286 g/mol. The summed E-state index contributed by atoms with van der Waals surface area (Å²) in [5.74, 6) is -0.401. The fourth-order valence-electron chi connectivity index (χ4n) is 1.84. The van der Waals surface area contributed by atoms with Crippen molar-refractivity contribution >= 4 is 29.0 Å². The molecule has 0 atom stereocenters. The van der Waals surface area contributed by atoms with Gasteiger partial charge in [0.05, 0.1) is 0 Å². The van der Waals surface area contributed by atoms with Gasteiger partial charge in [0.25, 0.3) is 0 Å². The Labute approximate surface area is 121 Å². The van der Waals surface area contributed by atoms with Crippen LogP contribution in [-0.2, 0) is 17.6 Å². The van der Waals surface area contributed by atoms with E-state index in [9.17, 15) is 9.18 Å². The van der Waals surface area contributed by atoms with E-state index < -0.39 is 0 Å². The van der Waals surface area contributed by atoms with Crippen LogP contribution in [0.15, 0.2) is 42.5 Å². The minimum atomic E-state index is -0.346. The molecule has 4 heteroatoms. The van der Waals surface area contributed by atoms with Crippen molar-refractivity contribution in [1.29, 1.82) is 0 Å². The number of benzene rings is 2. The first-order valence-electron chi connectivity index (χ1n) is 5.75. The summed E-state index contributed by atoms with van der Waals surface area (Å²) in [4.78, 5) is 12.0. The number of hydrogen-bond donors (Lipinski definition) is 0. The maximum absolute atomic E-state index is 13.0. The van der Waals surface area contributed by atoms with Gasteiger partial charge in [-0.25, -0.2) is 4.39 Å². The van der Waals surface area contributed by atoms with Gasteiger partial charge in [0.1, 0.15) is 11.6 Å². The Kier molecular flexibility index (Phi) is 4.56. The van der Waals surface area contributed by atoms with Crippen LogP contribution < -0.4 is 0 Å². The van der Waals surface area contributed by atoms with E-state index in [2.05, 4.69) is 0 Å². The van der Waals surface area contributed by atoms with Gasteiger partial charge in [0.15, 0.2) is 0 Å². The predicted molar refractivity (Wildman–Crippen MR) is 75.3 cm³/mol. The molecule has 2 rings (SSSR count). The molecule has 0 radical (unpaired) electrons. The molecule has 0 unspecified atom stereocenters. The maximum atomic E-state index is 13.0. The highest BCUT2D eigenvalue weighted by Crippen LogP contribution is 2.25. The molecule has 2 aromatic rings. The lowest BCUT2D eigenvalue weighted by atomic mass is 10.0. The number of Topliss-reactive ketones (excluding diaryl/α,β-unsaturated/α-hetero) is 1. The van der Waals surface area contributed by atoms with E-state index in [1.807, 2.05) is 0 Å². The zero-order valence-corrected chi connectivity index (χ0v) is 11.5. The Bertz CT molecular complexity index is 591. The second-order valence-electron chi connectivity index (χ2n) is 4.22. The van der Waals surface area contributed by atoms with Crippen LogP contribution in [0, 0.1) is 5.82 Å². The van der Waals surface area contributed by atoms with E-state index in [0.29, 0.717) is 21.2 Å². The van der Waals surface area contributed by atoms with Crippen LogP contribution in [0.25, 0.3) is 0 Å². The molecule has 98 valence electrons. The Morgan fingerprint density at radius 2 is 1.63 bits per heavy atom. The van der Waals surface area contributed by atoms with Crippen LogP contribution >= 0.6 is 23.2 Å². The van der Waals surface area contributed by atoms with Gasteiger partial charge < -0.3 is 0 Å². The first kappa shape index (κ1) is 14.0. The molecule has 0 saturated heterocycles. The zero-order chi connectivity index (χ0) is 13.8. The molecule has 0 N–H and O–H groups in total. The summed E-state index contributed by atoms with van der Waals surface area (Å²) in [6.45, 7) is 0. The lowest BCUT2D eigenvalue weighted by molar-refractivity contribution is -0.117. The molecule has 0 heterocycles. The molecule has 0 amide bonds. The largest absolute Gasteiger partial charge is 0.299 e. The monoisotopic (exact) mass is 296 g/mol.